The highest BCUT2D eigenvalue weighted by molar-refractivity contribution is 5.72. The molecule has 21 heavy (non-hydrogen) atoms. The molecule has 1 aliphatic rings. The van der Waals surface area contributed by atoms with Gasteiger partial charge in [0.15, 0.2) is 0 Å². The lowest BCUT2D eigenvalue weighted by molar-refractivity contribution is 0.316. The van der Waals surface area contributed by atoms with Gasteiger partial charge in [-0.05, 0) is 45.4 Å². The van der Waals surface area contributed by atoms with E-state index in [9.17, 15) is 0 Å². The molecule has 1 aliphatic carbocycles. The van der Waals surface area contributed by atoms with Gasteiger partial charge in [0, 0.05) is 17.2 Å². The zero-order chi connectivity index (χ0) is 14.8. The lowest BCUT2D eigenvalue weighted by atomic mass is 9.79. The van der Waals surface area contributed by atoms with E-state index >= 15 is 0 Å². The summed E-state index contributed by atoms with van der Waals surface area (Å²) in [6.07, 6.45) is 12.4. The van der Waals surface area contributed by atoms with Crippen molar-refractivity contribution in [3.8, 4) is 0 Å². The van der Waals surface area contributed by atoms with E-state index in [1.165, 1.54) is 37.8 Å². The van der Waals surface area contributed by atoms with Crippen LogP contribution in [-0.4, -0.2) is 19.8 Å². The first-order valence-electron chi connectivity index (χ1n) is 8.07. The molecule has 3 rings (SSSR count). The largest absolute Gasteiger partial charge is 0.241 e. The maximum absolute atomic E-state index is 4.49. The first-order valence-corrected chi connectivity index (χ1v) is 8.07. The van der Waals surface area contributed by atoms with Crippen molar-refractivity contribution in [2.24, 2.45) is 5.92 Å². The van der Waals surface area contributed by atoms with E-state index in [2.05, 4.69) is 41.3 Å². The zero-order valence-corrected chi connectivity index (χ0v) is 13.2. The SMILES string of the molecule is C/C=C\c1c(C)ncn2nnc(C3CCC(CC)CC3)c12. The van der Waals surface area contributed by atoms with Crippen LogP contribution in [-0.2, 0) is 0 Å². The first kappa shape index (κ1) is 14.2. The number of rotatable bonds is 3. The van der Waals surface area contributed by atoms with E-state index < -0.39 is 0 Å². The summed E-state index contributed by atoms with van der Waals surface area (Å²) in [5.41, 5.74) is 4.53. The number of aromatic nitrogens is 4. The highest BCUT2D eigenvalue weighted by Gasteiger charge is 2.26. The molecule has 112 valence electrons. The Morgan fingerprint density at radius 1 is 1.29 bits per heavy atom. The molecule has 0 aromatic carbocycles. The summed E-state index contributed by atoms with van der Waals surface area (Å²) in [5, 5.41) is 8.78. The predicted octanol–water partition coefficient (Wildman–Crippen LogP) is 4.15. The van der Waals surface area contributed by atoms with Crippen molar-refractivity contribution in [3.63, 3.8) is 0 Å². The highest BCUT2D eigenvalue weighted by atomic mass is 15.4. The molecular formula is C17H24N4. The van der Waals surface area contributed by atoms with Crippen LogP contribution in [0.3, 0.4) is 0 Å². The molecule has 2 aromatic rings. The number of allylic oxidation sites excluding steroid dienone is 1. The average Bonchev–Trinajstić information content (AvgIpc) is 2.94. The average molecular weight is 284 g/mol. The normalized spacial score (nSPS) is 23.2. The van der Waals surface area contributed by atoms with Crippen LogP contribution in [0.25, 0.3) is 11.6 Å². The molecule has 1 fully saturated rings. The third-order valence-corrected chi connectivity index (χ3v) is 4.87. The molecule has 0 atom stereocenters. The van der Waals surface area contributed by atoms with Crippen molar-refractivity contribution in [1.29, 1.82) is 0 Å². The number of hydrogen-bond donors (Lipinski definition) is 0. The van der Waals surface area contributed by atoms with Crippen LogP contribution >= 0.6 is 0 Å². The molecule has 0 aliphatic heterocycles. The molecule has 0 amide bonds. The lowest BCUT2D eigenvalue weighted by Gasteiger charge is -2.26. The summed E-state index contributed by atoms with van der Waals surface area (Å²) in [5.74, 6) is 1.46. The number of fused-ring (bicyclic) bond motifs is 1. The van der Waals surface area contributed by atoms with E-state index in [-0.39, 0.29) is 0 Å². The maximum atomic E-state index is 4.49. The van der Waals surface area contributed by atoms with Gasteiger partial charge in [0.2, 0.25) is 0 Å². The van der Waals surface area contributed by atoms with E-state index in [0.717, 1.165) is 22.7 Å². The topological polar surface area (TPSA) is 43.1 Å². The van der Waals surface area contributed by atoms with Gasteiger partial charge >= 0.3 is 0 Å². The Balaban J connectivity index is 2.01. The van der Waals surface area contributed by atoms with E-state index in [4.69, 9.17) is 0 Å². The number of nitrogens with zero attached hydrogens (tertiary/aromatic N) is 4. The highest BCUT2D eigenvalue weighted by Crippen LogP contribution is 2.38. The minimum atomic E-state index is 0.552. The van der Waals surface area contributed by atoms with Crippen LogP contribution in [0.1, 0.15) is 68.8 Å². The molecule has 4 heteroatoms. The van der Waals surface area contributed by atoms with E-state index in [0.29, 0.717) is 5.92 Å². The molecule has 2 aromatic heterocycles. The fraction of sp³-hybridized carbons (Fsp3) is 0.588. The van der Waals surface area contributed by atoms with Crippen molar-refractivity contribution in [2.45, 2.75) is 58.8 Å². The third kappa shape index (κ3) is 2.59. The second-order valence-corrected chi connectivity index (χ2v) is 6.14. The zero-order valence-electron chi connectivity index (χ0n) is 13.2. The quantitative estimate of drug-likeness (QED) is 0.850. The molecule has 0 radical (unpaired) electrons. The fourth-order valence-corrected chi connectivity index (χ4v) is 3.52. The Hall–Kier alpha value is -1.71. The third-order valence-electron chi connectivity index (χ3n) is 4.87. The van der Waals surface area contributed by atoms with Crippen LogP contribution in [0.5, 0.6) is 0 Å². The molecule has 0 spiro atoms. The van der Waals surface area contributed by atoms with Crippen LogP contribution in [0.4, 0.5) is 0 Å². The Morgan fingerprint density at radius 2 is 2.05 bits per heavy atom. The van der Waals surface area contributed by atoms with Crippen molar-refractivity contribution >= 4 is 11.6 Å². The van der Waals surface area contributed by atoms with Crippen LogP contribution in [0, 0.1) is 12.8 Å². The molecule has 0 N–H and O–H groups in total. The molecule has 0 saturated heterocycles. The lowest BCUT2D eigenvalue weighted by Crippen LogP contribution is -2.13. The fourth-order valence-electron chi connectivity index (χ4n) is 3.52. The summed E-state index contributed by atoms with van der Waals surface area (Å²) in [6.45, 7) is 6.40. The van der Waals surface area contributed by atoms with Crippen molar-refractivity contribution in [1.82, 2.24) is 19.8 Å². The molecular weight excluding hydrogens is 260 g/mol. The van der Waals surface area contributed by atoms with Gasteiger partial charge in [0.05, 0.1) is 5.69 Å². The smallest absolute Gasteiger partial charge is 0.119 e. The predicted molar refractivity (Wildman–Crippen MR) is 85.2 cm³/mol. The van der Waals surface area contributed by atoms with Crippen molar-refractivity contribution < 1.29 is 0 Å². The molecule has 1 saturated carbocycles. The Morgan fingerprint density at radius 3 is 2.71 bits per heavy atom. The van der Waals surface area contributed by atoms with Gasteiger partial charge in [-0.15, -0.1) is 5.10 Å². The van der Waals surface area contributed by atoms with Crippen molar-refractivity contribution in [3.05, 3.63) is 29.4 Å². The van der Waals surface area contributed by atoms with Gasteiger partial charge in [0.1, 0.15) is 11.8 Å². The minimum Gasteiger partial charge on any atom is -0.241 e. The van der Waals surface area contributed by atoms with Crippen LogP contribution in [0.2, 0.25) is 0 Å². The Labute approximate surface area is 126 Å². The summed E-state index contributed by atoms with van der Waals surface area (Å²) in [7, 11) is 0. The molecule has 2 heterocycles. The van der Waals surface area contributed by atoms with E-state index in [1.807, 2.05) is 11.4 Å². The van der Waals surface area contributed by atoms with Gasteiger partial charge in [-0.1, -0.05) is 30.7 Å². The molecule has 0 bridgehead atoms. The van der Waals surface area contributed by atoms with Gasteiger partial charge in [-0.25, -0.2) is 9.50 Å². The number of hydrogen-bond acceptors (Lipinski definition) is 3. The summed E-state index contributed by atoms with van der Waals surface area (Å²) >= 11 is 0. The summed E-state index contributed by atoms with van der Waals surface area (Å²) in [6, 6.07) is 0. The van der Waals surface area contributed by atoms with Gasteiger partial charge < -0.3 is 0 Å². The maximum Gasteiger partial charge on any atom is 0.119 e. The van der Waals surface area contributed by atoms with E-state index in [1.54, 1.807) is 6.33 Å². The molecule has 0 unspecified atom stereocenters. The van der Waals surface area contributed by atoms with Crippen LogP contribution in [0.15, 0.2) is 12.4 Å². The second-order valence-electron chi connectivity index (χ2n) is 6.14. The van der Waals surface area contributed by atoms with Crippen LogP contribution < -0.4 is 0 Å². The Kier molecular flexibility index (Phi) is 4.04. The second kappa shape index (κ2) is 5.96. The number of aryl methyl sites for hydroxylation is 1. The molecule has 4 nitrogen and oxygen atoms in total. The minimum absolute atomic E-state index is 0.552. The summed E-state index contributed by atoms with van der Waals surface area (Å²) < 4.78 is 1.84. The van der Waals surface area contributed by atoms with Gasteiger partial charge in [-0.3, -0.25) is 0 Å². The summed E-state index contributed by atoms with van der Waals surface area (Å²) in [4.78, 5) is 4.42. The first-order chi connectivity index (χ1) is 10.2. The van der Waals surface area contributed by atoms with Gasteiger partial charge in [0.25, 0.3) is 0 Å². The van der Waals surface area contributed by atoms with Gasteiger partial charge in [-0.2, -0.15) is 0 Å². The monoisotopic (exact) mass is 284 g/mol. The Bertz CT molecular complexity index is 648. The van der Waals surface area contributed by atoms with Crippen molar-refractivity contribution in [2.75, 3.05) is 0 Å². The standard InChI is InChI=1S/C17H24N4/c1-4-6-15-12(3)18-11-21-17(15)16(19-20-21)14-9-7-13(5-2)8-10-14/h4,6,11,13-14H,5,7-10H2,1-3H3/b6-4-.